The van der Waals surface area contributed by atoms with E-state index in [0.29, 0.717) is 18.4 Å². The standard InChI is InChI=1S/C21H24N4O5/c1-15(19(27)24(2)21(14-22)11-7-4-8-12-21)29-17(26)13-25-20(28)30-18(23-25)16-9-5-3-6-10-16/h3,5-6,9-10,15H,4,7-8,11-13H2,1-2H3/t15-/m1/s1. The van der Waals surface area contributed by atoms with E-state index in [1.807, 2.05) is 6.07 Å². The monoisotopic (exact) mass is 412 g/mol. The number of esters is 1. The number of hydrogen-bond acceptors (Lipinski definition) is 7. The molecule has 0 spiro atoms. The van der Waals surface area contributed by atoms with Crippen molar-refractivity contribution >= 4 is 11.9 Å². The van der Waals surface area contributed by atoms with E-state index in [9.17, 15) is 19.6 Å². The fraction of sp³-hybridized carbons (Fsp3) is 0.476. The first-order chi connectivity index (χ1) is 14.4. The van der Waals surface area contributed by atoms with Crippen molar-refractivity contribution in [2.24, 2.45) is 0 Å². The molecule has 1 atom stereocenters. The lowest BCUT2D eigenvalue weighted by molar-refractivity contribution is -0.161. The Morgan fingerprint density at radius 1 is 1.30 bits per heavy atom. The summed E-state index contributed by atoms with van der Waals surface area (Å²) in [7, 11) is 1.56. The Morgan fingerprint density at radius 3 is 2.60 bits per heavy atom. The van der Waals surface area contributed by atoms with E-state index in [4.69, 9.17) is 9.15 Å². The lowest BCUT2D eigenvalue weighted by Crippen LogP contribution is -2.53. The number of ether oxygens (including phenoxy) is 1. The molecule has 0 saturated heterocycles. The smallest absolute Gasteiger partial charge is 0.437 e. The van der Waals surface area contributed by atoms with E-state index < -0.39 is 35.8 Å². The van der Waals surface area contributed by atoms with Gasteiger partial charge in [-0.2, -0.15) is 9.94 Å². The topological polar surface area (TPSA) is 118 Å². The Hall–Kier alpha value is -3.41. The van der Waals surface area contributed by atoms with Gasteiger partial charge in [0.15, 0.2) is 6.10 Å². The molecule has 1 aromatic heterocycles. The SMILES string of the molecule is C[C@@H](OC(=O)Cn1nc(-c2ccccc2)oc1=O)C(=O)N(C)C1(C#N)CCCCC1. The normalized spacial score (nSPS) is 16.3. The van der Waals surface area contributed by atoms with Crippen LogP contribution in [0.3, 0.4) is 0 Å². The second-order valence-corrected chi connectivity index (χ2v) is 7.43. The lowest BCUT2D eigenvalue weighted by atomic mass is 9.81. The van der Waals surface area contributed by atoms with Gasteiger partial charge in [0.25, 0.3) is 5.91 Å². The number of benzene rings is 1. The summed E-state index contributed by atoms with van der Waals surface area (Å²) in [5.41, 5.74) is -0.273. The Morgan fingerprint density at radius 2 is 1.97 bits per heavy atom. The van der Waals surface area contributed by atoms with Crippen molar-refractivity contribution in [3.05, 3.63) is 40.9 Å². The fourth-order valence-corrected chi connectivity index (χ4v) is 3.65. The average molecular weight is 412 g/mol. The van der Waals surface area contributed by atoms with Crippen LogP contribution >= 0.6 is 0 Å². The summed E-state index contributed by atoms with van der Waals surface area (Å²) in [6, 6.07) is 11.1. The molecule has 1 aliphatic rings. The van der Waals surface area contributed by atoms with Crippen LogP contribution in [0, 0.1) is 11.3 Å². The van der Waals surface area contributed by atoms with E-state index in [0.717, 1.165) is 23.9 Å². The predicted octanol–water partition coefficient (Wildman–Crippen LogP) is 2.12. The Bertz CT molecular complexity index is 998. The van der Waals surface area contributed by atoms with E-state index in [2.05, 4.69) is 11.2 Å². The zero-order valence-corrected chi connectivity index (χ0v) is 17.0. The zero-order valence-electron chi connectivity index (χ0n) is 17.0. The highest BCUT2D eigenvalue weighted by Crippen LogP contribution is 2.32. The number of rotatable bonds is 6. The number of likely N-dealkylation sites (N-methyl/N-ethyl adjacent to an activating group) is 1. The summed E-state index contributed by atoms with van der Waals surface area (Å²) in [5.74, 6) is -1.96. The highest BCUT2D eigenvalue weighted by Gasteiger charge is 2.40. The van der Waals surface area contributed by atoms with Crippen molar-refractivity contribution in [2.45, 2.75) is 57.2 Å². The molecule has 0 aliphatic heterocycles. The van der Waals surface area contributed by atoms with Gasteiger partial charge >= 0.3 is 11.7 Å². The first kappa shape index (κ1) is 21.3. The third-order valence-corrected chi connectivity index (χ3v) is 5.42. The molecule has 0 unspecified atom stereocenters. The van der Waals surface area contributed by atoms with Crippen LogP contribution in [-0.4, -0.2) is 45.2 Å². The minimum atomic E-state index is -1.09. The van der Waals surface area contributed by atoms with Crippen LogP contribution in [0.4, 0.5) is 0 Å². The van der Waals surface area contributed by atoms with Crippen molar-refractivity contribution in [1.29, 1.82) is 5.26 Å². The highest BCUT2D eigenvalue weighted by molar-refractivity contribution is 5.84. The molecule has 1 amide bonds. The molecule has 0 radical (unpaired) electrons. The van der Waals surface area contributed by atoms with Gasteiger partial charge in [-0.3, -0.25) is 9.59 Å². The maximum Gasteiger partial charge on any atom is 0.437 e. The van der Waals surface area contributed by atoms with Crippen molar-refractivity contribution in [2.75, 3.05) is 7.05 Å². The van der Waals surface area contributed by atoms with Crippen molar-refractivity contribution in [3.63, 3.8) is 0 Å². The molecule has 1 heterocycles. The molecule has 30 heavy (non-hydrogen) atoms. The number of nitrogens with zero attached hydrogens (tertiary/aromatic N) is 4. The third kappa shape index (κ3) is 4.43. The quantitative estimate of drug-likeness (QED) is 0.667. The van der Waals surface area contributed by atoms with Gasteiger partial charge in [0, 0.05) is 12.6 Å². The largest absolute Gasteiger partial charge is 0.451 e. The highest BCUT2D eigenvalue weighted by atomic mass is 16.5. The van der Waals surface area contributed by atoms with E-state index >= 15 is 0 Å². The van der Waals surface area contributed by atoms with E-state index in [1.54, 1.807) is 31.3 Å². The summed E-state index contributed by atoms with van der Waals surface area (Å²) < 4.78 is 11.1. The van der Waals surface area contributed by atoms with Gasteiger partial charge < -0.3 is 14.1 Å². The summed E-state index contributed by atoms with van der Waals surface area (Å²) in [4.78, 5) is 38.4. The van der Waals surface area contributed by atoms with Gasteiger partial charge in [0.2, 0.25) is 5.89 Å². The molecular weight excluding hydrogens is 388 g/mol. The zero-order chi connectivity index (χ0) is 21.7. The third-order valence-electron chi connectivity index (χ3n) is 5.42. The minimum absolute atomic E-state index is 0.0884. The fourth-order valence-electron chi connectivity index (χ4n) is 3.65. The minimum Gasteiger partial charge on any atom is -0.451 e. The summed E-state index contributed by atoms with van der Waals surface area (Å²) in [6.07, 6.45) is 2.89. The van der Waals surface area contributed by atoms with Crippen LogP contribution in [0.2, 0.25) is 0 Å². The number of carbonyl (C=O) groups excluding carboxylic acids is 2. The van der Waals surface area contributed by atoms with Gasteiger partial charge in [-0.05, 0) is 31.9 Å². The van der Waals surface area contributed by atoms with Crippen molar-refractivity contribution in [1.82, 2.24) is 14.7 Å². The van der Waals surface area contributed by atoms with Gasteiger partial charge in [0.05, 0.1) is 6.07 Å². The van der Waals surface area contributed by atoms with Crippen molar-refractivity contribution in [3.8, 4) is 17.5 Å². The Kier molecular flexibility index (Phi) is 6.35. The van der Waals surface area contributed by atoms with Gasteiger partial charge in [-0.1, -0.05) is 37.5 Å². The molecule has 2 aromatic rings. The van der Waals surface area contributed by atoms with Crippen LogP contribution in [0.1, 0.15) is 39.0 Å². The van der Waals surface area contributed by atoms with E-state index in [1.165, 1.54) is 11.8 Å². The molecule has 9 nitrogen and oxygen atoms in total. The van der Waals surface area contributed by atoms with Gasteiger partial charge in [-0.15, -0.1) is 5.10 Å². The molecule has 1 aromatic carbocycles. The first-order valence-corrected chi connectivity index (χ1v) is 9.88. The molecular formula is C21H24N4O5. The van der Waals surface area contributed by atoms with Gasteiger partial charge in [-0.25, -0.2) is 4.79 Å². The van der Waals surface area contributed by atoms with Gasteiger partial charge in [0.1, 0.15) is 12.1 Å². The second kappa shape index (κ2) is 8.95. The number of amides is 1. The van der Waals surface area contributed by atoms with E-state index in [-0.39, 0.29) is 5.89 Å². The predicted molar refractivity (Wildman–Crippen MR) is 106 cm³/mol. The van der Waals surface area contributed by atoms with Crippen LogP contribution in [0.5, 0.6) is 0 Å². The lowest BCUT2D eigenvalue weighted by Gasteiger charge is -2.39. The molecule has 1 saturated carbocycles. The number of hydrogen-bond donors (Lipinski definition) is 0. The van der Waals surface area contributed by atoms with Crippen LogP contribution in [0.25, 0.3) is 11.5 Å². The molecule has 3 rings (SSSR count). The summed E-state index contributed by atoms with van der Waals surface area (Å²) in [6.45, 7) is 0.964. The van der Waals surface area contributed by atoms with Crippen LogP contribution in [0.15, 0.2) is 39.5 Å². The number of nitriles is 1. The van der Waals surface area contributed by atoms with Crippen LogP contribution in [-0.2, 0) is 20.9 Å². The molecule has 1 fully saturated rings. The average Bonchev–Trinajstić information content (AvgIpc) is 3.13. The Labute approximate surface area is 173 Å². The maximum atomic E-state index is 12.7. The van der Waals surface area contributed by atoms with Crippen LogP contribution < -0.4 is 5.76 Å². The molecule has 0 N–H and O–H groups in total. The maximum absolute atomic E-state index is 12.7. The number of aromatic nitrogens is 2. The molecule has 1 aliphatic carbocycles. The van der Waals surface area contributed by atoms with Crippen molar-refractivity contribution < 1.29 is 18.7 Å². The Balaban J connectivity index is 1.63. The summed E-state index contributed by atoms with van der Waals surface area (Å²) in [5, 5.41) is 13.6. The molecule has 158 valence electrons. The first-order valence-electron chi connectivity index (χ1n) is 9.88. The number of carbonyl (C=O) groups is 2. The molecule has 0 bridgehead atoms. The summed E-state index contributed by atoms with van der Waals surface area (Å²) >= 11 is 0. The second-order valence-electron chi connectivity index (χ2n) is 7.43. The molecule has 9 heteroatoms.